The molecule has 31 heavy (non-hydrogen) atoms. The van der Waals surface area contributed by atoms with Gasteiger partial charge in [0.1, 0.15) is 0 Å². The first kappa shape index (κ1) is 23.2. The highest BCUT2D eigenvalue weighted by molar-refractivity contribution is 7.95. The van der Waals surface area contributed by atoms with E-state index in [9.17, 15) is 16.8 Å². The van der Waals surface area contributed by atoms with E-state index >= 15 is 0 Å². The molecule has 0 N–H and O–H groups in total. The zero-order chi connectivity index (χ0) is 22.7. The predicted molar refractivity (Wildman–Crippen MR) is 124 cm³/mol. The Morgan fingerprint density at radius 2 is 1.48 bits per heavy atom. The van der Waals surface area contributed by atoms with Crippen LogP contribution in [0, 0.1) is 6.92 Å². The van der Waals surface area contributed by atoms with Gasteiger partial charge in [-0.3, -0.25) is 0 Å². The van der Waals surface area contributed by atoms with Gasteiger partial charge < -0.3 is 0 Å². The predicted octanol–water partition coefficient (Wildman–Crippen LogP) is 4.64. The van der Waals surface area contributed by atoms with Crippen molar-refractivity contribution in [3.8, 4) is 0 Å². The Labute approximate surface area is 185 Å². The molecule has 0 unspecified atom stereocenters. The number of benzene rings is 2. The van der Waals surface area contributed by atoms with Crippen LogP contribution in [0.25, 0.3) is 0 Å². The molecule has 2 aromatic carbocycles. The summed E-state index contributed by atoms with van der Waals surface area (Å²) in [4.78, 5) is 0.596. The molecule has 0 amide bonds. The van der Waals surface area contributed by atoms with Crippen LogP contribution < -0.4 is 0 Å². The van der Waals surface area contributed by atoms with Crippen LogP contribution in [-0.4, -0.2) is 33.2 Å². The smallest absolute Gasteiger partial charge is 0.219 e. The highest BCUT2D eigenvalue weighted by Gasteiger charge is 2.45. The zero-order valence-corrected chi connectivity index (χ0v) is 19.2. The van der Waals surface area contributed by atoms with E-state index in [1.165, 1.54) is 4.31 Å². The molecule has 1 heterocycles. The second-order valence-electron chi connectivity index (χ2n) is 7.66. The molecular weight excluding hydrogens is 430 g/mol. The highest BCUT2D eigenvalue weighted by Crippen LogP contribution is 2.40. The molecule has 3 rings (SSSR count). The van der Waals surface area contributed by atoms with Crippen LogP contribution in [0.3, 0.4) is 0 Å². The first-order chi connectivity index (χ1) is 14.7. The Bertz CT molecular complexity index is 1190. The molecule has 7 heteroatoms. The van der Waals surface area contributed by atoms with E-state index in [0.717, 1.165) is 5.56 Å². The number of rotatable bonds is 8. The van der Waals surface area contributed by atoms with Crippen molar-refractivity contribution in [1.29, 1.82) is 0 Å². The fraction of sp³-hybridized carbons (Fsp3) is 0.250. The summed E-state index contributed by atoms with van der Waals surface area (Å²) in [6, 6.07) is 14.9. The van der Waals surface area contributed by atoms with Crippen LogP contribution in [0.2, 0.25) is 0 Å². The van der Waals surface area contributed by atoms with Crippen molar-refractivity contribution in [2.75, 3.05) is 6.54 Å². The molecule has 0 bridgehead atoms. The molecule has 0 atom stereocenters. The first-order valence-corrected chi connectivity index (χ1v) is 12.9. The quantitative estimate of drug-likeness (QED) is 0.542. The van der Waals surface area contributed by atoms with Crippen molar-refractivity contribution < 1.29 is 16.8 Å². The Kier molecular flexibility index (Phi) is 6.69. The average molecular weight is 458 g/mol. The van der Waals surface area contributed by atoms with Gasteiger partial charge in [0.25, 0.3) is 0 Å². The van der Waals surface area contributed by atoms with Crippen LogP contribution in [0.1, 0.15) is 24.8 Å². The van der Waals surface area contributed by atoms with Gasteiger partial charge in [-0.05, 0) is 56.5 Å². The minimum absolute atomic E-state index is 0.0514. The monoisotopic (exact) mass is 457 g/mol. The van der Waals surface area contributed by atoms with Gasteiger partial charge in [0.15, 0.2) is 0 Å². The molecule has 2 aromatic rings. The largest absolute Gasteiger partial charge is 0.243 e. The van der Waals surface area contributed by atoms with Crippen molar-refractivity contribution >= 4 is 19.9 Å². The van der Waals surface area contributed by atoms with Crippen molar-refractivity contribution in [2.24, 2.45) is 0 Å². The molecule has 0 aromatic heterocycles. The van der Waals surface area contributed by atoms with Crippen molar-refractivity contribution in [1.82, 2.24) is 4.31 Å². The average Bonchev–Trinajstić information content (AvgIpc) is 2.75. The number of aryl methyl sites for hydroxylation is 1. The van der Waals surface area contributed by atoms with Crippen molar-refractivity contribution in [2.45, 2.75) is 41.5 Å². The number of hydrogen-bond donors (Lipinski definition) is 0. The minimum atomic E-state index is -3.87. The third-order valence-electron chi connectivity index (χ3n) is 5.49. The standard InChI is InChI=1S/C24H27NO4S2/c1-4-16-24(17-5-2)19-23(30(26,27)21-9-7-6-8-10-21)15-18-25(24)31(28,29)22-13-11-20(3)12-14-22/h4-14,19H,1-2,15-18H2,3H3. The molecular formula is C24H27NO4S2. The molecule has 1 aliphatic heterocycles. The molecule has 0 radical (unpaired) electrons. The van der Waals surface area contributed by atoms with E-state index in [2.05, 4.69) is 13.2 Å². The maximum absolute atomic E-state index is 13.6. The van der Waals surface area contributed by atoms with Crippen LogP contribution in [-0.2, 0) is 19.9 Å². The van der Waals surface area contributed by atoms with E-state index in [1.807, 2.05) is 6.92 Å². The summed E-state index contributed by atoms with van der Waals surface area (Å²) in [6.45, 7) is 9.53. The van der Waals surface area contributed by atoms with E-state index < -0.39 is 25.4 Å². The van der Waals surface area contributed by atoms with E-state index in [-0.39, 0.29) is 40.5 Å². The SMILES string of the molecule is C=CCC1(CC=C)C=C(S(=O)(=O)c2ccccc2)CCN1S(=O)(=O)c1ccc(C)cc1. The first-order valence-electron chi connectivity index (χ1n) is 10.0. The fourth-order valence-corrected chi connectivity index (χ4v) is 7.24. The van der Waals surface area contributed by atoms with Crippen LogP contribution >= 0.6 is 0 Å². The summed E-state index contributed by atoms with van der Waals surface area (Å²) < 4.78 is 55.1. The molecule has 1 aliphatic rings. The zero-order valence-electron chi connectivity index (χ0n) is 17.6. The van der Waals surface area contributed by atoms with Crippen LogP contribution in [0.15, 0.2) is 101 Å². The van der Waals surface area contributed by atoms with E-state index in [1.54, 1.807) is 72.8 Å². The van der Waals surface area contributed by atoms with Gasteiger partial charge in [-0.15, -0.1) is 13.2 Å². The summed E-state index contributed by atoms with van der Waals surface area (Å²) in [5.41, 5.74) is -0.139. The summed E-state index contributed by atoms with van der Waals surface area (Å²) in [7, 11) is -7.60. The van der Waals surface area contributed by atoms with Gasteiger partial charge in [0.05, 0.1) is 15.3 Å². The Morgan fingerprint density at radius 1 is 0.903 bits per heavy atom. The second kappa shape index (κ2) is 8.94. The summed E-state index contributed by atoms with van der Waals surface area (Å²) in [6.07, 6.45) is 5.45. The third-order valence-corrected chi connectivity index (χ3v) is 9.39. The lowest BCUT2D eigenvalue weighted by Gasteiger charge is -2.43. The second-order valence-corrected chi connectivity index (χ2v) is 11.5. The number of nitrogens with zero attached hydrogens (tertiary/aromatic N) is 1. The highest BCUT2D eigenvalue weighted by atomic mass is 32.2. The molecule has 0 spiro atoms. The van der Waals surface area contributed by atoms with Gasteiger partial charge >= 0.3 is 0 Å². The Balaban J connectivity index is 2.16. The molecule has 0 aliphatic carbocycles. The van der Waals surface area contributed by atoms with Crippen LogP contribution in [0.5, 0.6) is 0 Å². The Hall–Kier alpha value is -2.48. The van der Waals surface area contributed by atoms with Gasteiger partial charge in [0, 0.05) is 11.4 Å². The van der Waals surface area contributed by atoms with Gasteiger partial charge in [0.2, 0.25) is 19.9 Å². The van der Waals surface area contributed by atoms with Crippen LogP contribution in [0.4, 0.5) is 0 Å². The number of sulfonamides is 1. The van der Waals surface area contributed by atoms with Gasteiger partial charge in [-0.25, -0.2) is 16.8 Å². The fourth-order valence-electron chi connectivity index (χ4n) is 3.94. The lowest BCUT2D eigenvalue weighted by atomic mass is 9.88. The number of hydrogen-bond acceptors (Lipinski definition) is 4. The molecule has 0 saturated heterocycles. The lowest BCUT2D eigenvalue weighted by molar-refractivity contribution is 0.232. The molecule has 5 nitrogen and oxygen atoms in total. The topological polar surface area (TPSA) is 71.5 Å². The summed E-state index contributed by atoms with van der Waals surface area (Å²) in [5.74, 6) is 0. The molecule has 0 fully saturated rings. The van der Waals surface area contributed by atoms with Crippen molar-refractivity contribution in [3.63, 3.8) is 0 Å². The normalized spacial score (nSPS) is 17.0. The molecule has 164 valence electrons. The maximum atomic E-state index is 13.6. The van der Waals surface area contributed by atoms with E-state index in [0.29, 0.717) is 0 Å². The van der Waals surface area contributed by atoms with Crippen molar-refractivity contribution in [3.05, 3.63) is 96.5 Å². The van der Waals surface area contributed by atoms with Gasteiger partial charge in [-0.1, -0.05) is 48.0 Å². The summed E-state index contributed by atoms with van der Waals surface area (Å²) in [5, 5.41) is 0. The molecule has 0 saturated carbocycles. The van der Waals surface area contributed by atoms with Gasteiger partial charge in [-0.2, -0.15) is 4.31 Å². The number of sulfone groups is 1. The minimum Gasteiger partial charge on any atom is -0.219 e. The lowest BCUT2D eigenvalue weighted by Crippen LogP contribution is -2.53. The summed E-state index contributed by atoms with van der Waals surface area (Å²) >= 11 is 0. The Morgan fingerprint density at radius 3 is 2.03 bits per heavy atom. The van der Waals surface area contributed by atoms with E-state index in [4.69, 9.17) is 0 Å². The maximum Gasteiger partial charge on any atom is 0.243 e. The third kappa shape index (κ3) is 4.44.